The molecule has 1 aromatic carbocycles. The van der Waals surface area contributed by atoms with Crippen molar-refractivity contribution in [1.82, 2.24) is 0 Å². The van der Waals surface area contributed by atoms with Gasteiger partial charge in [0.25, 0.3) is 0 Å². The number of hydrogen-bond donors (Lipinski definition) is 1. The molecule has 1 nitrogen and oxygen atoms in total. The van der Waals surface area contributed by atoms with Crippen LogP contribution in [-0.2, 0) is 6.42 Å². The van der Waals surface area contributed by atoms with Crippen molar-refractivity contribution >= 4 is 0 Å². The van der Waals surface area contributed by atoms with E-state index in [1.165, 1.54) is 0 Å². The minimum Gasteiger partial charge on any atom is -0.507 e. The Labute approximate surface area is 79.7 Å². The molecule has 0 aromatic heterocycles. The summed E-state index contributed by atoms with van der Waals surface area (Å²) in [4.78, 5) is 0. The van der Waals surface area contributed by atoms with Crippen molar-refractivity contribution < 1.29 is 5.11 Å². The van der Waals surface area contributed by atoms with Crippen molar-refractivity contribution in [2.24, 2.45) is 0 Å². The molecule has 0 heterocycles. The van der Waals surface area contributed by atoms with E-state index in [9.17, 15) is 5.11 Å². The molecule has 0 spiro atoms. The van der Waals surface area contributed by atoms with Crippen LogP contribution in [0.1, 0.15) is 22.3 Å². The Balaban J connectivity index is 3.34. The van der Waals surface area contributed by atoms with E-state index in [0.717, 1.165) is 28.7 Å². The second-order valence-corrected chi connectivity index (χ2v) is 3.46. The van der Waals surface area contributed by atoms with Crippen LogP contribution in [0, 0.1) is 20.8 Å². The minimum atomic E-state index is 0.428. The maximum Gasteiger partial charge on any atom is 0.122 e. The highest BCUT2D eigenvalue weighted by Crippen LogP contribution is 2.28. The fourth-order valence-corrected chi connectivity index (χ4v) is 1.52. The highest BCUT2D eigenvalue weighted by molar-refractivity contribution is 5.49. The van der Waals surface area contributed by atoms with Crippen LogP contribution in [0.4, 0.5) is 0 Å². The molecule has 0 saturated heterocycles. The molecule has 1 rings (SSSR count). The van der Waals surface area contributed by atoms with Crippen LogP contribution in [0.2, 0.25) is 0 Å². The number of phenols is 1. The Bertz CT molecular complexity index is 337. The summed E-state index contributed by atoms with van der Waals surface area (Å²) >= 11 is 0. The molecule has 1 heteroatoms. The number of hydrogen-bond acceptors (Lipinski definition) is 1. The van der Waals surface area contributed by atoms with Gasteiger partial charge < -0.3 is 5.11 Å². The summed E-state index contributed by atoms with van der Waals surface area (Å²) in [6.07, 6.45) is 2.55. The molecule has 0 radical (unpaired) electrons. The molecule has 0 amide bonds. The third-order valence-electron chi connectivity index (χ3n) is 2.49. The standard InChI is InChI=1S/C12H16O/c1-5-6-11-9(3)7-8(2)10(4)12(11)13/h5,7,13H,1,6H2,2-4H3. The van der Waals surface area contributed by atoms with Gasteiger partial charge in [-0.05, 0) is 43.9 Å². The number of aromatic hydroxyl groups is 1. The highest BCUT2D eigenvalue weighted by atomic mass is 16.3. The van der Waals surface area contributed by atoms with E-state index in [4.69, 9.17) is 0 Å². The lowest BCUT2D eigenvalue weighted by atomic mass is 9.97. The predicted molar refractivity (Wildman–Crippen MR) is 56.2 cm³/mol. The van der Waals surface area contributed by atoms with Gasteiger partial charge in [0.1, 0.15) is 5.75 Å². The van der Waals surface area contributed by atoms with E-state index in [1.54, 1.807) is 0 Å². The van der Waals surface area contributed by atoms with Crippen LogP contribution in [0.3, 0.4) is 0 Å². The topological polar surface area (TPSA) is 20.2 Å². The van der Waals surface area contributed by atoms with Crippen LogP contribution in [-0.4, -0.2) is 5.11 Å². The maximum atomic E-state index is 9.84. The first-order valence-corrected chi connectivity index (χ1v) is 4.47. The van der Waals surface area contributed by atoms with Crippen LogP contribution in [0.15, 0.2) is 18.7 Å². The average Bonchev–Trinajstić information content (AvgIpc) is 2.09. The third kappa shape index (κ3) is 1.74. The molecule has 1 N–H and O–H groups in total. The number of aryl methyl sites for hydroxylation is 2. The van der Waals surface area contributed by atoms with Gasteiger partial charge in [-0.25, -0.2) is 0 Å². The van der Waals surface area contributed by atoms with Gasteiger partial charge in [0.15, 0.2) is 0 Å². The van der Waals surface area contributed by atoms with Gasteiger partial charge in [-0.15, -0.1) is 6.58 Å². The molecule has 0 fully saturated rings. The van der Waals surface area contributed by atoms with E-state index in [0.29, 0.717) is 5.75 Å². The maximum absolute atomic E-state index is 9.84. The van der Waals surface area contributed by atoms with Gasteiger partial charge in [-0.2, -0.15) is 0 Å². The second kappa shape index (κ2) is 3.65. The number of rotatable bonds is 2. The zero-order valence-corrected chi connectivity index (χ0v) is 8.52. The molecule has 0 bridgehead atoms. The molecular weight excluding hydrogens is 160 g/mol. The zero-order valence-electron chi connectivity index (χ0n) is 8.52. The number of phenolic OH excluding ortho intramolecular Hbond substituents is 1. The van der Waals surface area contributed by atoms with E-state index in [2.05, 4.69) is 12.6 Å². The van der Waals surface area contributed by atoms with Gasteiger partial charge >= 0.3 is 0 Å². The monoisotopic (exact) mass is 176 g/mol. The van der Waals surface area contributed by atoms with Crippen LogP contribution in [0.5, 0.6) is 5.75 Å². The first-order chi connectivity index (χ1) is 6.07. The Hall–Kier alpha value is -1.24. The summed E-state index contributed by atoms with van der Waals surface area (Å²) in [6.45, 7) is 9.65. The molecule has 0 saturated carbocycles. The van der Waals surface area contributed by atoms with Crippen molar-refractivity contribution in [3.8, 4) is 5.75 Å². The summed E-state index contributed by atoms with van der Waals surface area (Å²) in [5.74, 6) is 0.428. The van der Waals surface area contributed by atoms with Gasteiger partial charge in [0.2, 0.25) is 0 Å². The quantitative estimate of drug-likeness (QED) is 0.687. The minimum absolute atomic E-state index is 0.428. The molecule has 13 heavy (non-hydrogen) atoms. The summed E-state index contributed by atoms with van der Waals surface area (Å²) in [7, 11) is 0. The van der Waals surface area contributed by atoms with Crippen LogP contribution < -0.4 is 0 Å². The smallest absolute Gasteiger partial charge is 0.122 e. The second-order valence-electron chi connectivity index (χ2n) is 3.46. The first kappa shape index (κ1) is 9.85. The van der Waals surface area contributed by atoms with Gasteiger partial charge in [0.05, 0.1) is 0 Å². The average molecular weight is 176 g/mol. The Kier molecular flexibility index (Phi) is 2.76. The molecule has 0 aliphatic heterocycles. The predicted octanol–water partition coefficient (Wildman–Crippen LogP) is 3.05. The van der Waals surface area contributed by atoms with Crippen molar-refractivity contribution in [2.45, 2.75) is 27.2 Å². The van der Waals surface area contributed by atoms with Crippen molar-refractivity contribution in [1.29, 1.82) is 0 Å². The first-order valence-electron chi connectivity index (χ1n) is 4.47. The summed E-state index contributed by atoms with van der Waals surface area (Å²) in [5, 5.41) is 9.84. The summed E-state index contributed by atoms with van der Waals surface area (Å²) in [6, 6.07) is 2.11. The van der Waals surface area contributed by atoms with Crippen molar-refractivity contribution in [3.05, 3.63) is 41.0 Å². The van der Waals surface area contributed by atoms with Crippen LogP contribution in [0.25, 0.3) is 0 Å². The highest BCUT2D eigenvalue weighted by Gasteiger charge is 2.08. The zero-order chi connectivity index (χ0) is 10.0. The van der Waals surface area contributed by atoms with E-state index < -0.39 is 0 Å². The van der Waals surface area contributed by atoms with Crippen LogP contribution >= 0.6 is 0 Å². The van der Waals surface area contributed by atoms with Gasteiger partial charge in [-0.1, -0.05) is 12.1 Å². The lowest BCUT2D eigenvalue weighted by Gasteiger charge is -2.11. The molecule has 1 aromatic rings. The Morgan fingerprint density at radius 1 is 1.31 bits per heavy atom. The Morgan fingerprint density at radius 2 is 1.92 bits per heavy atom. The van der Waals surface area contributed by atoms with E-state index >= 15 is 0 Å². The molecule has 70 valence electrons. The lowest BCUT2D eigenvalue weighted by Crippen LogP contribution is -1.93. The van der Waals surface area contributed by atoms with Crippen molar-refractivity contribution in [3.63, 3.8) is 0 Å². The van der Waals surface area contributed by atoms with Gasteiger partial charge in [-0.3, -0.25) is 0 Å². The normalized spacial score (nSPS) is 10.1. The SMILES string of the molecule is C=CCc1c(C)cc(C)c(C)c1O. The molecule has 0 aliphatic rings. The summed E-state index contributed by atoms with van der Waals surface area (Å²) in [5.41, 5.74) is 4.25. The number of benzene rings is 1. The fourth-order valence-electron chi connectivity index (χ4n) is 1.52. The molecule has 0 aliphatic carbocycles. The largest absolute Gasteiger partial charge is 0.507 e. The fraction of sp³-hybridized carbons (Fsp3) is 0.333. The van der Waals surface area contributed by atoms with E-state index in [-0.39, 0.29) is 0 Å². The third-order valence-corrected chi connectivity index (χ3v) is 2.49. The lowest BCUT2D eigenvalue weighted by molar-refractivity contribution is 0.464. The van der Waals surface area contributed by atoms with Gasteiger partial charge in [0, 0.05) is 5.56 Å². The van der Waals surface area contributed by atoms with E-state index in [1.807, 2.05) is 26.8 Å². The summed E-state index contributed by atoms with van der Waals surface area (Å²) < 4.78 is 0. The number of allylic oxidation sites excluding steroid dienone is 1. The van der Waals surface area contributed by atoms with Crippen molar-refractivity contribution in [2.75, 3.05) is 0 Å². The molecule has 0 unspecified atom stereocenters. The Morgan fingerprint density at radius 3 is 2.46 bits per heavy atom. The molecule has 0 atom stereocenters. The molecular formula is C12H16O.